The van der Waals surface area contributed by atoms with E-state index in [-0.39, 0.29) is 6.04 Å². The molecule has 0 spiro atoms. The highest BCUT2D eigenvalue weighted by atomic mass is 35.5. The van der Waals surface area contributed by atoms with Crippen molar-refractivity contribution >= 4 is 21.8 Å². The van der Waals surface area contributed by atoms with E-state index in [4.69, 9.17) is 11.6 Å². The highest BCUT2D eigenvalue weighted by Crippen LogP contribution is 2.16. The standard InChI is InChI=1S/C11H24ClN3O2S/c1-11-10-13(2)7-5-9-15(11)18(16,17)14(3)8-4-6-12/h11H,4-10H2,1-3H3. The van der Waals surface area contributed by atoms with E-state index in [1.165, 1.54) is 4.31 Å². The summed E-state index contributed by atoms with van der Waals surface area (Å²) in [6.45, 7) is 4.77. The molecule has 0 aromatic rings. The first-order chi connectivity index (χ1) is 8.39. The Balaban J connectivity index is 2.76. The predicted octanol–water partition coefficient (Wildman–Crippen LogP) is 0.818. The smallest absolute Gasteiger partial charge is 0.282 e. The monoisotopic (exact) mass is 297 g/mol. The summed E-state index contributed by atoms with van der Waals surface area (Å²) in [5, 5.41) is 0. The summed E-state index contributed by atoms with van der Waals surface area (Å²) in [6.07, 6.45) is 1.56. The van der Waals surface area contributed by atoms with Crippen LogP contribution in [0, 0.1) is 0 Å². The fraction of sp³-hybridized carbons (Fsp3) is 1.00. The second-order valence-corrected chi connectivity index (χ2v) is 7.31. The summed E-state index contributed by atoms with van der Waals surface area (Å²) in [5.41, 5.74) is 0. The molecular weight excluding hydrogens is 274 g/mol. The van der Waals surface area contributed by atoms with Crippen LogP contribution in [0.4, 0.5) is 0 Å². The third kappa shape index (κ3) is 4.06. The number of halogens is 1. The molecule has 0 N–H and O–H groups in total. The maximum absolute atomic E-state index is 12.5. The molecule has 1 aliphatic rings. The molecule has 5 nitrogen and oxygen atoms in total. The van der Waals surface area contributed by atoms with Gasteiger partial charge in [0.05, 0.1) is 0 Å². The molecule has 0 radical (unpaired) electrons. The van der Waals surface area contributed by atoms with Crippen molar-refractivity contribution in [1.82, 2.24) is 13.5 Å². The van der Waals surface area contributed by atoms with Gasteiger partial charge in [0.1, 0.15) is 0 Å². The molecule has 0 saturated carbocycles. The van der Waals surface area contributed by atoms with Gasteiger partial charge in [0.25, 0.3) is 10.2 Å². The molecule has 1 heterocycles. The van der Waals surface area contributed by atoms with Gasteiger partial charge in [-0.05, 0) is 33.4 Å². The van der Waals surface area contributed by atoms with Crippen molar-refractivity contribution in [3.05, 3.63) is 0 Å². The Labute approximate surface area is 116 Å². The summed E-state index contributed by atoms with van der Waals surface area (Å²) in [6, 6.07) is 0.0148. The Morgan fingerprint density at radius 1 is 1.39 bits per heavy atom. The number of hydrogen-bond acceptors (Lipinski definition) is 3. The quantitative estimate of drug-likeness (QED) is 0.706. The average Bonchev–Trinajstić information content (AvgIpc) is 2.46. The normalized spacial score (nSPS) is 24.4. The van der Waals surface area contributed by atoms with E-state index in [0.717, 1.165) is 19.5 Å². The maximum Gasteiger partial charge on any atom is 0.282 e. The highest BCUT2D eigenvalue weighted by molar-refractivity contribution is 7.86. The molecule has 1 saturated heterocycles. The minimum atomic E-state index is -3.35. The Morgan fingerprint density at radius 2 is 2.06 bits per heavy atom. The molecule has 1 rings (SSSR count). The van der Waals surface area contributed by atoms with Gasteiger partial charge in [-0.25, -0.2) is 0 Å². The van der Waals surface area contributed by atoms with Crippen LogP contribution in [0.2, 0.25) is 0 Å². The minimum Gasteiger partial charge on any atom is -0.305 e. The van der Waals surface area contributed by atoms with Crippen molar-refractivity contribution in [3.8, 4) is 0 Å². The fourth-order valence-electron chi connectivity index (χ4n) is 2.27. The molecule has 0 amide bonds. The zero-order valence-corrected chi connectivity index (χ0v) is 13.0. The Kier molecular flexibility index (Phi) is 6.34. The molecule has 18 heavy (non-hydrogen) atoms. The van der Waals surface area contributed by atoms with Gasteiger partial charge in [0, 0.05) is 38.6 Å². The van der Waals surface area contributed by atoms with Gasteiger partial charge in [0.15, 0.2) is 0 Å². The van der Waals surface area contributed by atoms with Crippen molar-refractivity contribution in [2.75, 3.05) is 46.2 Å². The Hall–Kier alpha value is 0.120. The van der Waals surface area contributed by atoms with Gasteiger partial charge < -0.3 is 4.90 Å². The molecule has 1 atom stereocenters. The molecular formula is C11H24ClN3O2S. The van der Waals surface area contributed by atoms with Crippen LogP contribution in [0.15, 0.2) is 0 Å². The van der Waals surface area contributed by atoms with Crippen molar-refractivity contribution < 1.29 is 8.42 Å². The molecule has 1 fully saturated rings. The second-order valence-electron chi connectivity index (χ2n) is 4.95. The van der Waals surface area contributed by atoms with E-state index in [1.54, 1.807) is 11.4 Å². The summed E-state index contributed by atoms with van der Waals surface area (Å²) < 4.78 is 27.9. The third-order valence-corrected chi connectivity index (χ3v) is 5.66. The SMILES string of the molecule is CC1CN(C)CCCN1S(=O)(=O)N(C)CCCCl. The summed E-state index contributed by atoms with van der Waals surface area (Å²) in [7, 11) is 0.311. The zero-order valence-electron chi connectivity index (χ0n) is 11.5. The topological polar surface area (TPSA) is 43.9 Å². The summed E-state index contributed by atoms with van der Waals surface area (Å²) in [5.74, 6) is 0.484. The summed E-state index contributed by atoms with van der Waals surface area (Å²) in [4.78, 5) is 2.18. The first kappa shape index (κ1) is 16.2. The van der Waals surface area contributed by atoms with E-state index in [0.29, 0.717) is 25.4 Å². The Bertz CT molecular complexity index is 350. The minimum absolute atomic E-state index is 0.0148. The molecule has 7 heteroatoms. The predicted molar refractivity (Wildman–Crippen MR) is 75.2 cm³/mol. The number of rotatable bonds is 5. The van der Waals surface area contributed by atoms with Crippen molar-refractivity contribution in [3.63, 3.8) is 0 Å². The van der Waals surface area contributed by atoms with E-state index < -0.39 is 10.2 Å². The fourth-order valence-corrected chi connectivity index (χ4v) is 3.99. The van der Waals surface area contributed by atoms with Gasteiger partial charge >= 0.3 is 0 Å². The lowest BCUT2D eigenvalue weighted by molar-refractivity contribution is 0.277. The number of likely N-dealkylation sites (N-methyl/N-ethyl adjacent to an activating group) is 1. The van der Waals surface area contributed by atoms with E-state index in [1.807, 2.05) is 14.0 Å². The Morgan fingerprint density at radius 3 is 2.67 bits per heavy atom. The number of hydrogen-bond donors (Lipinski definition) is 0. The maximum atomic E-state index is 12.5. The van der Waals surface area contributed by atoms with Gasteiger partial charge in [-0.2, -0.15) is 17.0 Å². The number of alkyl halides is 1. The lowest BCUT2D eigenvalue weighted by atomic mass is 10.3. The van der Waals surface area contributed by atoms with Crippen LogP contribution in [0.25, 0.3) is 0 Å². The molecule has 0 bridgehead atoms. The van der Waals surface area contributed by atoms with Gasteiger partial charge in [0.2, 0.25) is 0 Å². The lowest BCUT2D eigenvalue weighted by Crippen LogP contribution is -2.48. The van der Waals surface area contributed by atoms with Crippen LogP contribution < -0.4 is 0 Å². The van der Waals surface area contributed by atoms with Crippen molar-refractivity contribution in [2.45, 2.75) is 25.8 Å². The van der Waals surface area contributed by atoms with Crippen LogP contribution in [0.3, 0.4) is 0 Å². The third-order valence-electron chi connectivity index (χ3n) is 3.28. The molecule has 1 aliphatic heterocycles. The largest absolute Gasteiger partial charge is 0.305 e. The van der Waals surface area contributed by atoms with Crippen LogP contribution in [-0.4, -0.2) is 74.1 Å². The van der Waals surface area contributed by atoms with Crippen LogP contribution in [0.5, 0.6) is 0 Å². The van der Waals surface area contributed by atoms with Gasteiger partial charge in [-0.15, -0.1) is 11.6 Å². The van der Waals surface area contributed by atoms with Crippen molar-refractivity contribution in [1.29, 1.82) is 0 Å². The van der Waals surface area contributed by atoms with Crippen LogP contribution >= 0.6 is 11.6 Å². The molecule has 0 aromatic carbocycles. The van der Waals surface area contributed by atoms with Crippen molar-refractivity contribution in [2.24, 2.45) is 0 Å². The number of nitrogens with zero attached hydrogens (tertiary/aromatic N) is 3. The van der Waals surface area contributed by atoms with E-state index in [9.17, 15) is 8.42 Å². The molecule has 1 unspecified atom stereocenters. The van der Waals surface area contributed by atoms with E-state index in [2.05, 4.69) is 4.90 Å². The first-order valence-corrected chi connectivity index (χ1v) is 8.30. The summed E-state index contributed by atoms with van der Waals surface area (Å²) >= 11 is 5.61. The average molecular weight is 298 g/mol. The first-order valence-electron chi connectivity index (χ1n) is 6.37. The second kappa shape index (κ2) is 7.05. The molecule has 0 aliphatic carbocycles. The molecule has 108 valence electrons. The zero-order chi connectivity index (χ0) is 13.8. The highest BCUT2D eigenvalue weighted by Gasteiger charge is 2.32. The lowest BCUT2D eigenvalue weighted by Gasteiger charge is -2.31. The van der Waals surface area contributed by atoms with Crippen LogP contribution in [0.1, 0.15) is 19.8 Å². The van der Waals surface area contributed by atoms with E-state index >= 15 is 0 Å². The van der Waals surface area contributed by atoms with Gasteiger partial charge in [-0.3, -0.25) is 0 Å². The molecule has 0 aromatic heterocycles. The van der Waals surface area contributed by atoms with Crippen LogP contribution in [-0.2, 0) is 10.2 Å². The van der Waals surface area contributed by atoms with Gasteiger partial charge in [-0.1, -0.05) is 0 Å².